The molecule has 180 valence electrons. The van der Waals surface area contributed by atoms with Crippen LogP contribution in [0, 0.1) is 5.92 Å². The molecule has 7 nitrogen and oxygen atoms in total. The number of carbonyl (C=O) groups excluding carboxylic acids is 2. The molecule has 2 rings (SSSR count). The lowest BCUT2D eigenvalue weighted by molar-refractivity contribution is -0.119. The molecule has 0 radical (unpaired) electrons. The number of hydrogen-bond acceptors (Lipinski definition) is 3. The molecule has 0 aliphatic rings. The van der Waals surface area contributed by atoms with Crippen molar-refractivity contribution < 1.29 is 9.59 Å². The van der Waals surface area contributed by atoms with Gasteiger partial charge in [-0.15, -0.1) is 24.0 Å². The van der Waals surface area contributed by atoms with Gasteiger partial charge in [0.15, 0.2) is 5.96 Å². The molecule has 0 spiro atoms. The molecule has 2 aromatic rings. The highest BCUT2D eigenvalue weighted by Gasteiger charge is 2.11. The fourth-order valence-corrected chi connectivity index (χ4v) is 2.92. The Morgan fingerprint density at radius 2 is 1.70 bits per heavy atom. The molecule has 0 bridgehead atoms. The van der Waals surface area contributed by atoms with E-state index in [1.165, 1.54) is 0 Å². The Balaban J connectivity index is 0.00000544. The molecule has 8 heteroatoms. The lowest BCUT2D eigenvalue weighted by Gasteiger charge is -2.13. The highest BCUT2D eigenvalue weighted by molar-refractivity contribution is 14.0. The molecule has 1 unspecified atom stereocenters. The zero-order valence-electron chi connectivity index (χ0n) is 20.1. The van der Waals surface area contributed by atoms with Gasteiger partial charge in [-0.3, -0.25) is 9.59 Å². The molecule has 0 saturated carbocycles. The zero-order chi connectivity index (χ0) is 23.5. The fraction of sp³-hybridized carbons (Fsp3) is 0.400. The third-order valence-electron chi connectivity index (χ3n) is 5.09. The van der Waals surface area contributed by atoms with Crippen molar-refractivity contribution in [3.05, 3.63) is 65.2 Å². The SMILES string of the molecule is CCNC(=NCc1cccc(NC(=O)C(C)CC)c1)NCc1ccc(C(=O)N(C)C)cc1.I. The Morgan fingerprint density at radius 3 is 2.30 bits per heavy atom. The van der Waals surface area contributed by atoms with Crippen molar-refractivity contribution in [2.45, 2.75) is 40.3 Å². The highest BCUT2D eigenvalue weighted by atomic mass is 127. The van der Waals surface area contributed by atoms with Crippen LogP contribution in [0.1, 0.15) is 48.7 Å². The summed E-state index contributed by atoms with van der Waals surface area (Å²) in [5.41, 5.74) is 3.52. The highest BCUT2D eigenvalue weighted by Crippen LogP contribution is 2.14. The Kier molecular flexibility index (Phi) is 12.5. The summed E-state index contributed by atoms with van der Waals surface area (Å²) in [6, 6.07) is 15.3. The van der Waals surface area contributed by atoms with E-state index in [0.29, 0.717) is 24.6 Å². The second kappa shape index (κ2) is 14.5. The first-order chi connectivity index (χ1) is 15.3. The molecular weight excluding hydrogens is 529 g/mol. The molecule has 33 heavy (non-hydrogen) atoms. The normalized spacial score (nSPS) is 11.7. The maximum atomic E-state index is 12.1. The quantitative estimate of drug-likeness (QED) is 0.241. The Hall–Kier alpha value is -2.62. The smallest absolute Gasteiger partial charge is 0.253 e. The number of halogens is 1. The van der Waals surface area contributed by atoms with Crippen LogP contribution in [0.2, 0.25) is 0 Å². The summed E-state index contributed by atoms with van der Waals surface area (Å²) in [7, 11) is 3.48. The number of carbonyl (C=O) groups is 2. The molecule has 0 aliphatic carbocycles. The largest absolute Gasteiger partial charge is 0.357 e. The summed E-state index contributed by atoms with van der Waals surface area (Å²) >= 11 is 0. The number of aliphatic imine (C=N–C) groups is 1. The van der Waals surface area contributed by atoms with Crippen molar-refractivity contribution in [1.82, 2.24) is 15.5 Å². The van der Waals surface area contributed by atoms with Crippen LogP contribution in [0.5, 0.6) is 0 Å². The lowest BCUT2D eigenvalue weighted by Crippen LogP contribution is -2.36. The first-order valence-corrected chi connectivity index (χ1v) is 11.1. The number of guanidine groups is 1. The van der Waals surface area contributed by atoms with Gasteiger partial charge in [0, 0.05) is 44.4 Å². The van der Waals surface area contributed by atoms with Crippen molar-refractivity contribution >= 4 is 47.4 Å². The van der Waals surface area contributed by atoms with Gasteiger partial charge in [-0.2, -0.15) is 0 Å². The predicted molar refractivity (Wildman–Crippen MR) is 146 cm³/mol. The number of hydrogen-bond donors (Lipinski definition) is 3. The van der Waals surface area contributed by atoms with E-state index in [9.17, 15) is 9.59 Å². The Bertz CT molecular complexity index is 929. The predicted octanol–water partition coefficient (Wildman–Crippen LogP) is 4.25. The van der Waals surface area contributed by atoms with E-state index in [0.717, 1.165) is 29.8 Å². The summed E-state index contributed by atoms with van der Waals surface area (Å²) in [6.45, 7) is 7.76. The van der Waals surface area contributed by atoms with Gasteiger partial charge < -0.3 is 20.9 Å². The van der Waals surface area contributed by atoms with Gasteiger partial charge in [0.1, 0.15) is 0 Å². The Labute approximate surface area is 214 Å². The van der Waals surface area contributed by atoms with Crippen molar-refractivity contribution in [3.63, 3.8) is 0 Å². The van der Waals surface area contributed by atoms with Crippen LogP contribution in [-0.4, -0.2) is 43.3 Å². The second-order valence-corrected chi connectivity index (χ2v) is 7.94. The summed E-state index contributed by atoms with van der Waals surface area (Å²) < 4.78 is 0. The maximum absolute atomic E-state index is 12.1. The first kappa shape index (κ1) is 28.4. The summed E-state index contributed by atoms with van der Waals surface area (Å²) in [5.74, 6) is 0.703. The number of rotatable bonds is 9. The van der Waals surface area contributed by atoms with Crippen LogP contribution >= 0.6 is 24.0 Å². The number of nitrogens with one attached hydrogen (secondary N) is 3. The van der Waals surface area contributed by atoms with Crippen LogP contribution in [0.3, 0.4) is 0 Å². The van der Waals surface area contributed by atoms with E-state index in [2.05, 4.69) is 20.9 Å². The van der Waals surface area contributed by atoms with Crippen molar-refractivity contribution in [3.8, 4) is 0 Å². The molecule has 3 N–H and O–H groups in total. The van der Waals surface area contributed by atoms with E-state index < -0.39 is 0 Å². The summed E-state index contributed by atoms with van der Waals surface area (Å²) in [5, 5.41) is 9.53. The lowest BCUT2D eigenvalue weighted by atomic mass is 10.1. The fourth-order valence-electron chi connectivity index (χ4n) is 2.92. The monoisotopic (exact) mass is 565 g/mol. The number of benzene rings is 2. The standard InChI is InChI=1S/C25H35N5O2.HI/c1-6-18(3)23(31)29-22-10-8-9-20(15-22)17-28-25(26-7-2)27-16-19-11-13-21(14-12-19)24(32)30(4)5;/h8-15,18H,6-7,16-17H2,1-5H3,(H,29,31)(H2,26,27,28);1H. The molecule has 0 aromatic heterocycles. The third kappa shape index (κ3) is 9.41. The van der Waals surface area contributed by atoms with Crippen LogP contribution in [0.25, 0.3) is 0 Å². The summed E-state index contributed by atoms with van der Waals surface area (Å²) in [6.07, 6.45) is 0.808. The van der Waals surface area contributed by atoms with Gasteiger partial charge in [-0.1, -0.05) is 38.1 Å². The Morgan fingerprint density at radius 1 is 1.00 bits per heavy atom. The zero-order valence-corrected chi connectivity index (χ0v) is 22.5. The van der Waals surface area contributed by atoms with Gasteiger partial charge in [-0.25, -0.2) is 4.99 Å². The van der Waals surface area contributed by atoms with E-state index in [1.807, 2.05) is 69.3 Å². The molecule has 2 amide bonds. The van der Waals surface area contributed by atoms with Gasteiger partial charge in [0.25, 0.3) is 5.91 Å². The van der Waals surface area contributed by atoms with Crippen LogP contribution < -0.4 is 16.0 Å². The molecule has 0 saturated heterocycles. The van der Waals surface area contributed by atoms with E-state index in [1.54, 1.807) is 19.0 Å². The van der Waals surface area contributed by atoms with Crippen LogP contribution in [-0.2, 0) is 17.9 Å². The van der Waals surface area contributed by atoms with E-state index in [4.69, 9.17) is 0 Å². The molecule has 0 aliphatic heterocycles. The van der Waals surface area contributed by atoms with Gasteiger partial charge in [0.2, 0.25) is 5.91 Å². The van der Waals surface area contributed by atoms with Crippen molar-refractivity contribution in [2.75, 3.05) is 26.0 Å². The van der Waals surface area contributed by atoms with Gasteiger partial charge in [-0.05, 0) is 48.7 Å². The first-order valence-electron chi connectivity index (χ1n) is 11.1. The third-order valence-corrected chi connectivity index (χ3v) is 5.09. The van der Waals surface area contributed by atoms with Crippen molar-refractivity contribution in [2.24, 2.45) is 10.9 Å². The number of nitrogens with zero attached hydrogens (tertiary/aromatic N) is 2. The summed E-state index contributed by atoms with van der Waals surface area (Å²) in [4.78, 5) is 30.4. The van der Waals surface area contributed by atoms with Crippen molar-refractivity contribution in [1.29, 1.82) is 0 Å². The topological polar surface area (TPSA) is 85.8 Å². The number of anilines is 1. The molecule has 0 fully saturated rings. The van der Waals surface area contributed by atoms with Gasteiger partial charge >= 0.3 is 0 Å². The molecule has 0 heterocycles. The van der Waals surface area contributed by atoms with E-state index in [-0.39, 0.29) is 41.7 Å². The maximum Gasteiger partial charge on any atom is 0.253 e. The number of amides is 2. The van der Waals surface area contributed by atoms with Crippen LogP contribution in [0.15, 0.2) is 53.5 Å². The van der Waals surface area contributed by atoms with Gasteiger partial charge in [0.05, 0.1) is 6.54 Å². The molecular formula is C25H36IN5O2. The molecule has 1 atom stereocenters. The second-order valence-electron chi connectivity index (χ2n) is 7.94. The minimum Gasteiger partial charge on any atom is -0.357 e. The minimum absolute atomic E-state index is 0. The minimum atomic E-state index is -0.0173. The average molecular weight is 566 g/mol. The average Bonchev–Trinajstić information content (AvgIpc) is 2.80. The van der Waals surface area contributed by atoms with E-state index >= 15 is 0 Å². The van der Waals surface area contributed by atoms with Crippen LogP contribution in [0.4, 0.5) is 5.69 Å². The molecule has 2 aromatic carbocycles.